The number of amides is 1. The monoisotopic (exact) mass is 430 g/mol. The quantitative estimate of drug-likeness (QED) is 0.531. The molecule has 8 atom stereocenters. The number of likely N-dealkylation sites (tertiary alicyclic amines) is 1. The van der Waals surface area contributed by atoms with Crippen LogP contribution in [0.25, 0.3) is 0 Å². The highest BCUT2D eigenvalue weighted by Crippen LogP contribution is 2.38. The Bertz CT molecular complexity index is 622. The van der Waals surface area contributed by atoms with Crippen LogP contribution in [0.2, 0.25) is 0 Å². The van der Waals surface area contributed by atoms with Crippen LogP contribution < -0.4 is 16.0 Å². The number of carbonyl (C=O) groups is 1. The van der Waals surface area contributed by atoms with E-state index in [2.05, 4.69) is 16.0 Å². The fourth-order valence-corrected chi connectivity index (χ4v) is 7.13. The summed E-state index contributed by atoms with van der Waals surface area (Å²) in [4.78, 5) is 15.0. The highest BCUT2D eigenvalue weighted by atomic mass is 32.2. The lowest BCUT2D eigenvalue weighted by molar-refractivity contribution is -0.134. The molecule has 9 heteroatoms. The molecule has 3 aliphatic heterocycles. The number of fused-ring (bicyclic) bond motifs is 2. The van der Waals surface area contributed by atoms with E-state index >= 15 is 0 Å². The topological polar surface area (TPSA) is 76.6 Å². The molecule has 0 bridgehead atoms. The molecule has 0 aromatic rings. The molecule has 2 aliphatic carbocycles. The van der Waals surface area contributed by atoms with Gasteiger partial charge in [0, 0.05) is 37.0 Å². The van der Waals surface area contributed by atoms with Crippen LogP contribution in [0.15, 0.2) is 0 Å². The third kappa shape index (κ3) is 4.05. The molecule has 0 spiro atoms. The fraction of sp³-hybridized carbons (Fsp3) is 0.950. The summed E-state index contributed by atoms with van der Waals surface area (Å²) in [5, 5.41) is 20.9. The molecule has 5 aliphatic rings. The van der Waals surface area contributed by atoms with Crippen molar-refractivity contribution in [3.8, 4) is 0 Å². The molecule has 164 valence electrons. The zero-order valence-corrected chi connectivity index (χ0v) is 17.5. The van der Waals surface area contributed by atoms with Gasteiger partial charge in [-0.05, 0) is 50.9 Å². The molecule has 6 nitrogen and oxygen atoms in total. The van der Waals surface area contributed by atoms with Gasteiger partial charge in [-0.2, -0.15) is 0 Å². The van der Waals surface area contributed by atoms with Crippen molar-refractivity contribution in [1.29, 1.82) is 0 Å². The lowest BCUT2D eigenvalue weighted by atomic mass is 9.80. The summed E-state index contributed by atoms with van der Waals surface area (Å²) in [6, 6.07) is -0.00612. The molecular formula is C20H32F2N4O2S. The van der Waals surface area contributed by atoms with Gasteiger partial charge in [0.05, 0.1) is 11.6 Å². The standard InChI is InChI=1S/C20H32F2N4O2S/c21-12-6-11-7-16(24-15(11)8-13(12)22)18(27)26-5-2-14-17(9-26)29-19(25-14)23-10-20(28)3-1-4-20/h11-17,19,23-25,28H,1-10H2. The zero-order chi connectivity index (χ0) is 20.2. The number of carbonyl (C=O) groups excluding carboxylic acids is 1. The normalized spacial score (nSPS) is 46.1. The number of thioether (sulfide) groups is 1. The summed E-state index contributed by atoms with van der Waals surface area (Å²) in [5.41, 5.74) is -0.430. The summed E-state index contributed by atoms with van der Waals surface area (Å²) >= 11 is 1.81. The van der Waals surface area contributed by atoms with Crippen molar-refractivity contribution in [2.24, 2.45) is 5.92 Å². The van der Waals surface area contributed by atoms with Gasteiger partial charge in [-0.15, -0.1) is 11.8 Å². The highest BCUT2D eigenvalue weighted by Gasteiger charge is 2.47. The molecule has 5 rings (SSSR count). The van der Waals surface area contributed by atoms with Crippen LogP contribution in [0.3, 0.4) is 0 Å². The molecule has 0 radical (unpaired) electrons. The predicted molar refractivity (Wildman–Crippen MR) is 108 cm³/mol. The molecule has 2 saturated carbocycles. The number of nitrogens with one attached hydrogen (secondary N) is 3. The fourth-order valence-electron chi connectivity index (χ4n) is 5.68. The second kappa shape index (κ2) is 7.89. The molecule has 5 fully saturated rings. The number of rotatable bonds is 4. The Hall–Kier alpha value is -0.480. The SMILES string of the molecule is O=C(C1CC2CC(F)C(F)CC2N1)N1CCC2NC(NCC3(O)CCC3)SC2C1. The highest BCUT2D eigenvalue weighted by molar-refractivity contribution is 8.00. The number of hydrogen-bond acceptors (Lipinski definition) is 6. The number of nitrogens with zero attached hydrogens (tertiary/aromatic N) is 1. The average molecular weight is 431 g/mol. The second-order valence-electron chi connectivity index (χ2n) is 9.68. The van der Waals surface area contributed by atoms with E-state index in [4.69, 9.17) is 0 Å². The number of hydrogen-bond donors (Lipinski definition) is 4. The van der Waals surface area contributed by atoms with E-state index < -0.39 is 17.9 Å². The Labute approximate surface area is 174 Å². The van der Waals surface area contributed by atoms with Crippen molar-refractivity contribution in [3.05, 3.63) is 0 Å². The summed E-state index contributed by atoms with van der Waals surface area (Å²) < 4.78 is 27.4. The minimum Gasteiger partial charge on any atom is -0.389 e. The van der Waals surface area contributed by atoms with Gasteiger partial charge in [0.2, 0.25) is 5.91 Å². The molecular weight excluding hydrogens is 398 g/mol. The van der Waals surface area contributed by atoms with E-state index in [9.17, 15) is 18.7 Å². The maximum atomic E-state index is 13.7. The van der Waals surface area contributed by atoms with E-state index in [-0.39, 0.29) is 42.2 Å². The number of halogens is 2. The smallest absolute Gasteiger partial charge is 0.239 e. The zero-order valence-electron chi connectivity index (χ0n) is 16.7. The molecule has 1 amide bonds. The summed E-state index contributed by atoms with van der Waals surface area (Å²) in [7, 11) is 0. The summed E-state index contributed by atoms with van der Waals surface area (Å²) in [6.07, 6.45) is 1.99. The largest absolute Gasteiger partial charge is 0.389 e. The first kappa shape index (κ1) is 20.4. The average Bonchev–Trinajstić information content (AvgIpc) is 3.27. The first-order chi connectivity index (χ1) is 13.9. The van der Waals surface area contributed by atoms with Crippen molar-refractivity contribution in [3.63, 3.8) is 0 Å². The Balaban J connectivity index is 1.12. The predicted octanol–water partition coefficient (Wildman–Crippen LogP) is 0.897. The van der Waals surface area contributed by atoms with Gasteiger partial charge in [-0.25, -0.2) is 8.78 Å². The van der Waals surface area contributed by atoms with Crippen molar-refractivity contribution in [2.45, 2.75) is 91.8 Å². The van der Waals surface area contributed by atoms with E-state index in [1.807, 2.05) is 16.7 Å². The maximum absolute atomic E-state index is 13.7. The van der Waals surface area contributed by atoms with Crippen LogP contribution in [0, 0.1) is 5.92 Å². The molecule has 3 heterocycles. The van der Waals surface area contributed by atoms with Gasteiger partial charge in [-0.1, -0.05) is 0 Å². The van der Waals surface area contributed by atoms with Crippen LogP contribution in [0.4, 0.5) is 8.78 Å². The number of piperidine rings is 1. The second-order valence-corrected chi connectivity index (χ2v) is 11.0. The Morgan fingerprint density at radius 3 is 2.72 bits per heavy atom. The Morgan fingerprint density at radius 1 is 1.17 bits per heavy atom. The van der Waals surface area contributed by atoms with Crippen LogP contribution >= 0.6 is 11.8 Å². The molecule has 3 saturated heterocycles. The molecule has 29 heavy (non-hydrogen) atoms. The van der Waals surface area contributed by atoms with Crippen LogP contribution in [-0.4, -0.2) is 82.4 Å². The maximum Gasteiger partial charge on any atom is 0.239 e. The van der Waals surface area contributed by atoms with Gasteiger partial charge in [0.25, 0.3) is 0 Å². The Kier molecular flexibility index (Phi) is 5.56. The first-order valence-electron chi connectivity index (χ1n) is 11.1. The van der Waals surface area contributed by atoms with Gasteiger partial charge >= 0.3 is 0 Å². The molecule has 8 unspecified atom stereocenters. The van der Waals surface area contributed by atoms with E-state index in [1.165, 1.54) is 0 Å². The van der Waals surface area contributed by atoms with Crippen LogP contribution in [-0.2, 0) is 4.79 Å². The summed E-state index contributed by atoms with van der Waals surface area (Å²) in [6.45, 7) is 2.03. The summed E-state index contributed by atoms with van der Waals surface area (Å²) in [5.74, 6) is 0.154. The molecule has 4 N–H and O–H groups in total. The molecule has 0 aromatic carbocycles. The number of alkyl halides is 2. The lowest BCUT2D eigenvalue weighted by Crippen LogP contribution is -2.54. The van der Waals surface area contributed by atoms with E-state index in [1.54, 1.807) is 0 Å². The van der Waals surface area contributed by atoms with E-state index in [0.29, 0.717) is 30.8 Å². The van der Waals surface area contributed by atoms with Crippen LogP contribution in [0.5, 0.6) is 0 Å². The Morgan fingerprint density at radius 2 is 1.97 bits per heavy atom. The first-order valence-corrected chi connectivity index (χ1v) is 12.0. The van der Waals surface area contributed by atoms with Gasteiger partial charge in [0.15, 0.2) is 0 Å². The van der Waals surface area contributed by atoms with Crippen molar-refractivity contribution < 1.29 is 18.7 Å². The lowest BCUT2D eigenvalue weighted by Gasteiger charge is -2.37. The minimum atomic E-state index is -1.41. The third-order valence-corrected chi connectivity index (χ3v) is 9.07. The van der Waals surface area contributed by atoms with Gasteiger partial charge in [0.1, 0.15) is 17.8 Å². The van der Waals surface area contributed by atoms with Gasteiger partial charge in [-0.3, -0.25) is 15.4 Å². The van der Waals surface area contributed by atoms with E-state index in [0.717, 1.165) is 32.2 Å². The minimum absolute atomic E-state index is 0.0666. The number of aliphatic hydroxyl groups is 1. The van der Waals surface area contributed by atoms with Crippen molar-refractivity contribution in [2.75, 3.05) is 19.6 Å². The van der Waals surface area contributed by atoms with Crippen molar-refractivity contribution in [1.82, 2.24) is 20.9 Å². The van der Waals surface area contributed by atoms with Crippen molar-refractivity contribution >= 4 is 17.7 Å². The third-order valence-electron chi connectivity index (χ3n) is 7.67. The molecule has 0 aromatic heterocycles. The van der Waals surface area contributed by atoms with Crippen LogP contribution in [0.1, 0.15) is 44.9 Å². The van der Waals surface area contributed by atoms with Gasteiger partial charge < -0.3 is 15.3 Å².